The second-order valence-electron chi connectivity index (χ2n) is 4.70. The number of methoxy groups -OCH3 is 1. The second kappa shape index (κ2) is 5.14. The first kappa shape index (κ1) is 13.8. The van der Waals surface area contributed by atoms with Crippen molar-refractivity contribution in [2.75, 3.05) is 31.0 Å². The average molecular weight is 268 g/mol. The molecule has 0 radical (unpaired) electrons. The van der Waals surface area contributed by atoms with Gasteiger partial charge in [0.2, 0.25) is 0 Å². The molecular weight excluding hydrogens is 251 g/mol. The standard InChI is InChI=1S/C13H17FN2O3/c1-7(6-19-3)16(2)11-5-10-8(4-9(11)14)12(17)13(18)15-10/h4-5,7,12,17H,6H2,1-3H3,(H,15,18). The highest BCUT2D eigenvalue weighted by atomic mass is 19.1. The summed E-state index contributed by atoms with van der Waals surface area (Å²) in [6.45, 7) is 2.37. The first-order valence-corrected chi connectivity index (χ1v) is 5.99. The van der Waals surface area contributed by atoms with E-state index in [0.29, 0.717) is 18.0 Å². The molecule has 0 saturated carbocycles. The van der Waals surface area contributed by atoms with Gasteiger partial charge in [0.05, 0.1) is 12.3 Å². The number of benzene rings is 1. The largest absolute Gasteiger partial charge is 0.383 e. The Labute approximate surface area is 111 Å². The van der Waals surface area contributed by atoms with Crippen LogP contribution in [0.4, 0.5) is 15.8 Å². The van der Waals surface area contributed by atoms with E-state index in [-0.39, 0.29) is 11.6 Å². The first-order valence-electron chi connectivity index (χ1n) is 5.99. The van der Waals surface area contributed by atoms with Crippen LogP contribution in [0.1, 0.15) is 18.6 Å². The number of likely N-dealkylation sites (N-methyl/N-ethyl adjacent to an activating group) is 1. The molecular formula is C13H17FN2O3. The number of anilines is 2. The highest BCUT2D eigenvalue weighted by Crippen LogP contribution is 2.36. The van der Waals surface area contributed by atoms with Crippen molar-refractivity contribution in [1.29, 1.82) is 0 Å². The minimum atomic E-state index is -1.29. The van der Waals surface area contributed by atoms with Gasteiger partial charge in [0.15, 0.2) is 6.10 Å². The molecule has 1 aliphatic rings. The zero-order valence-electron chi connectivity index (χ0n) is 11.1. The Morgan fingerprint density at radius 3 is 2.89 bits per heavy atom. The Bertz CT molecular complexity index is 507. The molecule has 1 aromatic carbocycles. The maximum absolute atomic E-state index is 14.1. The molecule has 0 bridgehead atoms. The Morgan fingerprint density at radius 1 is 1.58 bits per heavy atom. The molecule has 1 amide bonds. The molecule has 1 aliphatic heterocycles. The number of aliphatic hydroxyl groups is 1. The van der Waals surface area contributed by atoms with E-state index in [2.05, 4.69) is 5.32 Å². The minimum absolute atomic E-state index is 0.0143. The van der Waals surface area contributed by atoms with Crippen LogP contribution in [0.15, 0.2) is 12.1 Å². The summed E-state index contributed by atoms with van der Waals surface area (Å²) in [5.74, 6) is -1.00. The molecule has 1 aromatic rings. The molecule has 5 nitrogen and oxygen atoms in total. The lowest BCUT2D eigenvalue weighted by Crippen LogP contribution is -2.33. The van der Waals surface area contributed by atoms with Gasteiger partial charge in [-0.1, -0.05) is 0 Å². The van der Waals surface area contributed by atoms with Gasteiger partial charge in [-0.25, -0.2) is 4.39 Å². The van der Waals surface area contributed by atoms with Crippen LogP contribution in [0.25, 0.3) is 0 Å². The van der Waals surface area contributed by atoms with Crippen LogP contribution in [0.3, 0.4) is 0 Å². The third kappa shape index (κ3) is 2.41. The number of amides is 1. The molecule has 0 aliphatic carbocycles. The van der Waals surface area contributed by atoms with E-state index in [1.165, 1.54) is 12.1 Å². The van der Waals surface area contributed by atoms with Gasteiger partial charge in [-0.05, 0) is 19.1 Å². The van der Waals surface area contributed by atoms with Gasteiger partial charge in [-0.2, -0.15) is 0 Å². The zero-order chi connectivity index (χ0) is 14.2. The van der Waals surface area contributed by atoms with Gasteiger partial charge < -0.3 is 20.1 Å². The number of ether oxygens (including phenoxy) is 1. The summed E-state index contributed by atoms with van der Waals surface area (Å²) in [4.78, 5) is 13.1. The van der Waals surface area contributed by atoms with E-state index >= 15 is 0 Å². The van der Waals surface area contributed by atoms with Gasteiger partial charge in [-0.3, -0.25) is 4.79 Å². The lowest BCUT2D eigenvalue weighted by Gasteiger charge is -2.27. The summed E-state index contributed by atoms with van der Waals surface area (Å²) < 4.78 is 19.1. The van der Waals surface area contributed by atoms with Crippen LogP contribution in [0, 0.1) is 5.82 Å². The van der Waals surface area contributed by atoms with Crippen molar-refractivity contribution < 1.29 is 19.0 Å². The van der Waals surface area contributed by atoms with Crippen molar-refractivity contribution in [2.45, 2.75) is 19.1 Å². The number of aliphatic hydroxyl groups excluding tert-OH is 1. The number of fused-ring (bicyclic) bond motifs is 1. The highest BCUT2D eigenvalue weighted by molar-refractivity contribution is 6.02. The number of hydrogen-bond acceptors (Lipinski definition) is 4. The third-order valence-corrected chi connectivity index (χ3v) is 3.37. The monoisotopic (exact) mass is 268 g/mol. The molecule has 0 fully saturated rings. The molecule has 2 unspecified atom stereocenters. The van der Waals surface area contributed by atoms with Gasteiger partial charge in [0.25, 0.3) is 5.91 Å². The molecule has 0 spiro atoms. The molecule has 2 N–H and O–H groups in total. The molecule has 19 heavy (non-hydrogen) atoms. The highest BCUT2D eigenvalue weighted by Gasteiger charge is 2.30. The molecule has 6 heteroatoms. The summed E-state index contributed by atoms with van der Waals surface area (Å²) in [6.07, 6.45) is -1.29. The van der Waals surface area contributed by atoms with Crippen LogP contribution in [-0.2, 0) is 9.53 Å². The Morgan fingerprint density at radius 2 is 2.26 bits per heavy atom. The van der Waals surface area contributed by atoms with E-state index in [1.807, 2.05) is 6.92 Å². The van der Waals surface area contributed by atoms with Gasteiger partial charge in [0, 0.05) is 31.5 Å². The van der Waals surface area contributed by atoms with Crippen molar-refractivity contribution in [1.82, 2.24) is 0 Å². The lowest BCUT2D eigenvalue weighted by molar-refractivity contribution is -0.123. The second-order valence-corrected chi connectivity index (χ2v) is 4.70. The van der Waals surface area contributed by atoms with Crippen LogP contribution < -0.4 is 10.2 Å². The smallest absolute Gasteiger partial charge is 0.257 e. The number of carbonyl (C=O) groups excluding carboxylic acids is 1. The van der Waals surface area contributed by atoms with Crippen molar-refractivity contribution in [2.24, 2.45) is 0 Å². The fourth-order valence-electron chi connectivity index (χ4n) is 2.11. The summed E-state index contributed by atoms with van der Waals surface area (Å²) in [6, 6.07) is 2.72. The summed E-state index contributed by atoms with van der Waals surface area (Å²) >= 11 is 0. The van der Waals surface area contributed by atoms with Crippen molar-refractivity contribution in [3.63, 3.8) is 0 Å². The van der Waals surface area contributed by atoms with Crippen molar-refractivity contribution >= 4 is 17.3 Å². The number of hydrogen-bond donors (Lipinski definition) is 2. The van der Waals surface area contributed by atoms with Crippen LogP contribution >= 0.6 is 0 Å². The summed E-state index contributed by atoms with van der Waals surface area (Å²) in [5.41, 5.74) is 1.09. The lowest BCUT2D eigenvalue weighted by atomic mass is 10.1. The quantitative estimate of drug-likeness (QED) is 0.863. The number of rotatable bonds is 4. The fraction of sp³-hybridized carbons (Fsp3) is 0.462. The maximum atomic E-state index is 14.1. The maximum Gasteiger partial charge on any atom is 0.257 e. The Kier molecular flexibility index (Phi) is 3.73. The molecule has 104 valence electrons. The van der Waals surface area contributed by atoms with Gasteiger partial charge in [-0.15, -0.1) is 0 Å². The minimum Gasteiger partial charge on any atom is -0.383 e. The van der Waals surface area contributed by atoms with Crippen LogP contribution in [0.5, 0.6) is 0 Å². The van der Waals surface area contributed by atoms with Gasteiger partial charge >= 0.3 is 0 Å². The Balaban J connectivity index is 2.34. The molecule has 0 saturated heterocycles. The Hall–Kier alpha value is -1.66. The average Bonchev–Trinajstić information content (AvgIpc) is 2.64. The van der Waals surface area contributed by atoms with Crippen molar-refractivity contribution in [3.05, 3.63) is 23.5 Å². The van der Waals surface area contributed by atoms with Crippen LogP contribution in [-0.4, -0.2) is 37.8 Å². The number of halogens is 1. The number of nitrogens with one attached hydrogen (secondary N) is 1. The topological polar surface area (TPSA) is 61.8 Å². The van der Waals surface area contributed by atoms with E-state index in [4.69, 9.17) is 4.74 Å². The molecule has 2 atom stereocenters. The molecule has 2 rings (SSSR count). The SMILES string of the molecule is COCC(C)N(C)c1cc2c(cc1F)C(O)C(=O)N2. The van der Waals surface area contributed by atoms with Gasteiger partial charge in [0.1, 0.15) is 5.82 Å². The predicted molar refractivity (Wildman–Crippen MR) is 69.7 cm³/mol. The van der Waals surface area contributed by atoms with Crippen molar-refractivity contribution in [3.8, 4) is 0 Å². The first-order chi connectivity index (χ1) is 8.95. The van der Waals surface area contributed by atoms with E-state index in [9.17, 15) is 14.3 Å². The third-order valence-electron chi connectivity index (χ3n) is 3.37. The normalized spacial score (nSPS) is 19.0. The van der Waals surface area contributed by atoms with E-state index in [0.717, 1.165) is 0 Å². The molecule has 1 heterocycles. The number of nitrogens with zero attached hydrogens (tertiary/aromatic N) is 1. The predicted octanol–water partition coefficient (Wildman–Crippen LogP) is 1.28. The zero-order valence-corrected chi connectivity index (χ0v) is 11.1. The van der Waals surface area contributed by atoms with Crippen LogP contribution in [0.2, 0.25) is 0 Å². The van der Waals surface area contributed by atoms with E-state index < -0.39 is 17.8 Å². The fourth-order valence-corrected chi connectivity index (χ4v) is 2.11. The summed E-state index contributed by atoms with van der Waals surface area (Å²) in [5, 5.41) is 12.1. The number of carbonyl (C=O) groups is 1. The molecule has 0 aromatic heterocycles. The van der Waals surface area contributed by atoms with E-state index in [1.54, 1.807) is 19.1 Å². The summed E-state index contributed by atoms with van der Waals surface area (Å²) in [7, 11) is 3.33.